The third-order valence-electron chi connectivity index (χ3n) is 3.88. The van der Waals surface area contributed by atoms with Gasteiger partial charge in [-0.05, 0) is 38.0 Å². The number of methoxy groups -OCH3 is 1. The molecule has 1 aliphatic carbocycles. The Balaban J connectivity index is 1.95. The van der Waals surface area contributed by atoms with E-state index >= 15 is 0 Å². The Labute approximate surface area is 134 Å². The van der Waals surface area contributed by atoms with Gasteiger partial charge in [0.05, 0.1) is 12.8 Å². The molecule has 0 saturated heterocycles. The van der Waals surface area contributed by atoms with Gasteiger partial charge in [-0.15, -0.1) is 0 Å². The third-order valence-corrected chi connectivity index (χ3v) is 4.37. The summed E-state index contributed by atoms with van der Waals surface area (Å²) in [6, 6.07) is 5.74. The molecule has 1 aliphatic rings. The highest BCUT2D eigenvalue weighted by atomic mass is 79.9. The number of nitrogens with one attached hydrogen (secondary N) is 2. The monoisotopic (exact) mass is 354 g/mol. The van der Waals surface area contributed by atoms with E-state index in [-0.39, 0.29) is 11.9 Å². The molecule has 5 heteroatoms. The molecule has 0 aliphatic heterocycles. The Morgan fingerprint density at radius 3 is 2.71 bits per heavy atom. The Kier molecular flexibility index (Phi) is 5.91. The molecule has 116 valence electrons. The van der Waals surface area contributed by atoms with E-state index in [1.165, 1.54) is 19.3 Å². The number of carbonyl (C=O) groups is 1. The van der Waals surface area contributed by atoms with E-state index < -0.39 is 0 Å². The summed E-state index contributed by atoms with van der Waals surface area (Å²) in [4.78, 5) is 12.3. The summed E-state index contributed by atoms with van der Waals surface area (Å²) in [5.41, 5.74) is 0.818. The lowest BCUT2D eigenvalue weighted by Crippen LogP contribution is -2.44. The van der Waals surface area contributed by atoms with Gasteiger partial charge in [-0.1, -0.05) is 35.2 Å². The van der Waals surface area contributed by atoms with Crippen LogP contribution in [0.2, 0.25) is 0 Å². The van der Waals surface area contributed by atoms with Gasteiger partial charge in [0.1, 0.15) is 11.8 Å². The molecule has 1 unspecified atom stereocenters. The first-order valence-electron chi connectivity index (χ1n) is 7.50. The van der Waals surface area contributed by atoms with Crippen LogP contribution in [0.15, 0.2) is 22.7 Å². The van der Waals surface area contributed by atoms with E-state index in [4.69, 9.17) is 4.74 Å². The maximum Gasteiger partial charge on any atom is 0.242 e. The van der Waals surface area contributed by atoms with Crippen LogP contribution >= 0.6 is 15.9 Å². The first-order valence-corrected chi connectivity index (χ1v) is 8.30. The van der Waals surface area contributed by atoms with Crippen molar-refractivity contribution < 1.29 is 9.53 Å². The first kappa shape index (κ1) is 16.1. The van der Waals surface area contributed by atoms with Crippen LogP contribution in [-0.4, -0.2) is 25.1 Å². The molecule has 0 bridgehead atoms. The molecular weight excluding hydrogens is 332 g/mol. The fraction of sp³-hybridized carbons (Fsp3) is 0.562. The van der Waals surface area contributed by atoms with E-state index in [2.05, 4.69) is 26.6 Å². The van der Waals surface area contributed by atoms with Crippen molar-refractivity contribution in [1.82, 2.24) is 5.32 Å². The molecule has 1 aromatic carbocycles. The zero-order valence-corrected chi connectivity index (χ0v) is 14.2. The fourth-order valence-corrected chi connectivity index (χ4v) is 3.03. The van der Waals surface area contributed by atoms with Crippen LogP contribution in [-0.2, 0) is 4.79 Å². The summed E-state index contributed by atoms with van der Waals surface area (Å²) in [5, 5.41) is 6.36. The Bertz CT molecular complexity index is 487. The smallest absolute Gasteiger partial charge is 0.242 e. The SMILES string of the molecule is COc1ccc(Br)cc1NC(C)C(=O)NC1CCCCC1. The number of amides is 1. The second kappa shape index (κ2) is 7.69. The number of carbonyl (C=O) groups excluding carboxylic acids is 1. The lowest BCUT2D eigenvalue weighted by atomic mass is 9.95. The predicted molar refractivity (Wildman–Crippen MR) is 88.8 cm³/mol. The van der Waals surface area contributed by atoms with Crippen molar-refractivity contribution in [1.29, 1.82) is 0 Å². The van der Waals surface area contributed by atoms with Crippen molar-refractivity contribution in [2.45, 2.75) is 51.1 Å². The molecule has 1 amide bonds. The van der Waals surface area contributed by atoms with Crippen LogP contribution in [0.5, 0.6) is 5.75 Å². The van der Waals surface area contributed by atoms with Gasteiger partial charge < -0.3 is 15.4 Å². The van der Waals surface area contributed by atoms with Crippen LogP contribution in [0.1, 0.15) is 39.0 Å². The van der Waals surface area contributed by atoms with Gasteiger partial charge in [-0.2, -0.15) is 0 Å². The van der Waals surface area contributed by atoms with Crippen LogP contribution in [0.3, 0.4) is 0 Å². The quantitative estimate of drug-likeness (QED) is 0.847. The van der Waals surface area contributed by atoms with E-state index in [0.29, 0.717) is 6.04 Å². The second-order valence-corrected chi connectivity index (χ2v) is 6.47. The maximum atomic E-state index is 12.3. The molecule has 0 heterocycles. The van der Waals surface area contributed by atoms with Crippen LogP contribution < -0.4 is 15.4 Å². The molecule has 1 aromatic rings. The lowest BCUT2D eigenvalue weighted by Gasteiger charge is -2.25. The standard InChI is InChI=1S/C16H23BrN2O2/c1-11(16(20)19-13-6-4-3-5-7-13)18-14-10-12(17)8-9-15(14)21-2/h8-11,13,18H,3-7H2,1-2H3,(H,19,20). The van der Waals surface area contributed by atoms with Gasteiger partial charge in [0, 0.05) is 10.5 Å². The van der Waals surface area contributed by atoms with Crippen molar-refractivity contribution in [3.63, 3.8) is 0 Å². The van der Waals surface area contributed by atoms with Crippen LogP contribution in [0.25, 0.3) is 0 Å². The molecule has 0 aromatic heterocycles. The Morgan fingerprint density at radius 2 is 2.05 bits per heavy atom. The molecule has 1 fully saturated rings. The summed E-state index contributed by atoms with van der Waals surface area (Å²) in [6.07, 6.45) is 5.91. The van der Waals surface area contributed by atoms with Crippen molar-refractivity contribution in [3.05, 3.63) is 22.7 Å². The molecule has 1 saturated carbocycles. The zero-order chi connectivity index (χ0) is 15.2. The second-order valence-electron chi connectivity index (χ2n) is 5.55. The number of hydrogen-bond acceptors (Lipinski definition) is 3. The number of halogens is 1. The largest absolute Gasteiger partial charge is 0.495 e. The van der Waals surface area contributed by atoms with Crippen molar-refractivity contribution >= 4 is 27.5 Å². The summed E-state index contributed by atoms with van der Waals surface area (Å²) in [5.74, 6) is 0.777. The molecular formula is C16H23BrN2O2. The summed E-state index contributed by atoms with van der Waals surface area (Å²) >= 11 is 3.44. The molecule has 0 spiro atoms. The normalized spacial score (nSPS) is 17.1. The van der Waals surface area contributed by atoms with Gasteiger partial charge in [-0.3, -0.25) is 4.79 Å². The minimum absolute atomic E-state index is 0.0453. The summed E-state index contributed by atoms with van der Waals surface area (Å²) < 4.78 is 6.27. The number of rotatable bonds is 5. The summed E-state index contributed by atoms with van der Waals surface area (Å²) in [6.45, 7) is 1.87. The maximum absolute atomic E-state index is 12.3. The van der Waals surface area contributed by atoms with Crippen molar-refractivity contribution in [3.8, 4) is 5.75 Å². The number of hydrogen-bond donors (Lipinski definition) is 2. The summed E-state index contributed by atoms with van der Waals surface area (Å²) in [7, 11) is 1.63. The Hall–Kier alpha value is -1.23. The predicted octanol–water partition coefficient (Wildman–Crippen LogP) is 3.71. The number of benzene rings is 1. The van der Waals surface area contributed by atoms with Gasteiger partial charge in [-0.25, -0.2) is 0 Å². The number of ether oxygens (including phenoxy) is 1. The van der Waals surface area contributed by atoms with Crippen LogP contribution in [0, 0.1) is 0 Å². The topological polar surface area (TPSA) is 50.4 Å². The first-order chi connectivity index (χ1) is 10.1. The molecule has 0 radical (unpaired) electrons. The van der Waals surface area contributed by atoms with Crippen molar-refractivity contribution in [2.24, 2.45) is 0 Å². The van der Waals surface area contributed by atoms with Gasteiger partial charge in [0.25, 0.3) is 0 Å². The van der Waals surface area contributed by atoms with Gasteiger partial charge in [0.15, 0.2) is 0 Å². The Morgan fingerprint density at radius 1 is 1.33 bits per heavy atom. The highest BCUT2D eigenvalue weighted by Gasteiger charge is 2.20. The lowest BCUT2D eigenvalue weighted by molar-refractivity contribution is -0.122. The zero-order valence-electron chi connectivity index (χ0n) is 12.6. The minimum Gasteiger partial charge on any atom is -0.495 e. The molecule has 2 rings (SSSR count). The van der Waals surface area contributed by atoms with Gasteiger partial charge >= 0.3 is 0 Å². The van der Waals surface area contributed by atoms with E-state index in [0.717, 1.165) is 28.8 Å². The highest BCUT2D eigenvalue weighted by molar-refractivity contribution is 9.10. The molecule has 4 nitrogen and oxygen atoms in total. The fourth-order valence-electron chi connectivity index (χ4n) is 2.66. The van der Waals surface area contributed by atoms with Crippen molar-refractivity contribution in [2.75, 3.05) is 12.4 Å². The van der Waals surface area contributed by atoms with E-state index in [1.807, 2.05) is 25.1 Å². The van der Waals surface area contributed by atoms with E-state index in [1.54, 1.807) is 7.11 Å². The minimum atomic E-state index is -0.296. The molecule has 21 heavy (non-hydrogen) atoms. The van der Waals surface area contributed by atoms with Crippen LogP contribution in [0.4, 0.5) is 5.69 Å². The van der Waals surface area contributed by atoms with Gasteiger partial charge in [0.2, 0.25) is 5.91 Å². The van der Waals surface area contributed by atoms with E-state index in [9.17, 15) is 4.79 Å². The average Bonchev–Trinajstić information content (AvgIpc) is 2.48. The molecule has 1 atom stereocenters. The molecule has 2 N–H and O–H groups in total. The third kappa shape index (κ3) is 4.63. The highest BCUT2D eigenvalue weighted by Crippen LogP contribution is 2.28. The average molecular weight is 355 g/mol. The number of anilines is 1.